The second kappa shape index (κ2) is 4.75. The Balaban J connectivity index is 2.29. The van der Waals surface area contributed by atoms with Crippen LogP contribution in [-0.2, 0) is 9.59 Å². The first-order chi connectivity index (χ1) is 8.13. The minimum Gasteiger partial charge on any atom is -0.495 e. The molecule has 17 heavy (non-hydrogen) atoms. The molecule has 0 bridgehead atoms. The van der Waals surface area contributed by atoms with E-state index in [1.54, 1.807) is 24.1 Å². The lowest BCUT2D eigenvalue weighted by Gasteiger charge is -2.18. The summed E-state index contributed by atoms with van der Waals surface area (Å²) in [5.74, 6) is 0.0890. The first kappa shape index (κ1) is 11.9. The SMILES string of the molecule is COc1ccccc1N1C[C@H](C(=O)Cl)CC1=O. The van der Waals surface area contributed by atoms with Gasteiger partial charge in [-0.15, -0.1) is 0 Å². The van der Waals surface area contributed by atoms with Crippen molar-refractivity contribution in [3.05, 3.63) is 24.3 Å². The number of methoxy groups -OCH3 is 1. The Labute approximate surface area is 104 Å². The standard InChI is InChI=1S/C12H12ClNO3/c1-17-10-5-3-2-4-9(10)14-7-8(12(13)16)6-11(14)15/h2-5,8H,6-7H2,1H3/t8-/m1/s1. The lowest BCUT2D eigenvalue weighted by Crippen LogP contribution is -2.25. The van der Waals surface area contributed by atoms with E-state index in [1.165, 1.54) is 0 Å². The van der Waals surface area contributed by atoms with Crippen molar-refractivity contribution in [1.29, 1.82) is 0 Å². The van der Waals surface area contributed by atoms with Crippen molar-refractivity contribution in [1.82, 2.24) is 0 Å². The van der Waals surface area contributed by atoms with E-state index in [0.29, 0.717) is 18.0 Å². The summed E-state index contributed by atoms with van der Waals surface area (Å²) in [6.07, 6.45) is 0.167. The van der Waals surface area contributed by atoms with Crippen molar-refractivity contribution in [2.45, 2.75) is 6.42 Å². The minimum absolute atomic E-state index is 0.103. The third-order valence-corrected chi connectivity index (χ3v) is 3.13. The van der Waals surface area contributed by atoms with Crippen LogP contribution >= 0.6 is 11.6 Å². The molecule has 1 aliphatic rings. The molecule has 1 aromatic rings. The van der Waals surface area contributed by atoms with E-state index in [-0.39, 0.29) is 12.3 Å². The number of ether oxygens (including phenoxy) is 1. The van der Waals surface area contributed by atoms with Crippen molar-refractivity contribution < 1.29 is 14.3 Å². The van der Waals surface area contributed by atoms with Crippen molar-refractivity contribution in [2.24, 2.45) is 5.92 Å². The fourth-order valence-electron chi connectivity index (χ4n) is 1.95. The molecular formula is C12H12ClNO3. The number of hydrogen-bond donors (Lipinski definition) is 0. The fourth-order valence-corrected chi connectivity index (χ4v) is 2.09. The van der Waals surface area contributed by atoms with Gasteiger partial charge in [0, 0.05) is 13.0 Å². The molecule has 1 aliphatic heterocycles. The van der Waals surface area contributed by atoms with Gasteiger partial charge in [0.05, 0.1) is 18.7 Å². The summed E-state index contributed by atoms with van der Waals surface area (Å²) in [5.41, 5.74) is 0.681. The van der Waals surface area contributed by atoms with Crippen LogP contribution in [0.1, 0.15) is 6.42 Å². The van der Waals surface area contributed by atoms with Crippen LogP contribution in [0.4, 0.5) is 5.69 Å². The van der Waals surface area contributed by atoms with Gasteiger partial charge < -0.3 is 9.64 Å². The first-order valence-corrected chi connectivity index (χ1v) is 5.64. The maximum atomic E-state index is 11.8. The summed E-state index contributed by atoms with van der Waals surface area (Å²) >= 11 is 5.43. The van der Waals surface area contributed by atoms with Crippen LogP contribution in [0.15, 0.2) is 24.3 Å². The van der Waals surface area contributed by atoms with E-state index >= 15 is 0 Å². The number of halogens is 1. The summed E-state index contributed by atoms with van der Waals surface area (Å²) in [7, 11) is 1.55. The van der Waals surface area contributed by atoms with E-state index in [2.05, 4.69) is 0 Å². The molecule has 1 heterocycles. The zero-order valence-corrected chi connectivity index (χ0v) is 10.1. The molecule has 1 aromatic carbocycles. The molecule has 1 atom stereocenters. The van der Waals surface area contributed by atoms with Crippen LogP contribution < -0.4 is 9.64 Å². The topological polar surface area (TPSA) is 46.6 Å². The molecule has 1 fully saturated rings. The van der Waals surface area contributed by atoms with Gasteiger partial charge in [0.2, 0.25) is 11.1 Å². The quantitative estimate of drug-likeness (QED) is 0.772. The number of hydrogen-bond acceptors (Lipinski definition) is 3. The van der Waals surface area contributed by atoms with Gasteiger partial charge in [0.15, 0.2) is 0 Å². The highest BCUT2D eigenvalue weighted by Crippen LogP contribution is 2.33. The molecule has 0 N–H and O–H groups in total. The van der Waals surface area contributed by atoms with E-state index in [4.69, 9.17) is 16.3 Å². The van der Waals surface area contributed by atoms with Crippen LogP contribution in [0.5, 0.6) is 5.75 Å². The Morgan fingerprint density at radius 1 is 1.47 bits per heavy atom. The van der Waals surface area contributed by atoms with Crippen LogP contribution in [0.25, 0.3) is 0 Å². The average molecular weight is 254 g/mol. The summed E-state index contributed by atoms with van der Waals surface area (Å²) in [5, 5.41) is -0.462. The molecule has 0 aliphatic carbocycles. The maximum absolute atomic E-state index is 11.8. The van der Waals surface area contributed by atoms with Crippen LogP contribution in [0.2, 0.25) is 0 Å². The highest BCUT2D eigenvalue weighted by molar-refractivity contribution is 6.64. The summed E-state index contributed by atoms with van der Waals surface area (Å²) in [6.45, 7) is 0.321. The Bertz CT molecular complexity index is 461. The number of anilines is 1. The molecule has 0 spiro atoms. The molecule has 0 aromatic heterocycles. The molecule has 4 nitrogen and oxygen atoms in total. The Kier molecular flexibility index (Phi) is 3.33. The van der Waals surface area contributed by atoms with Gasteiger partial charge in [-0.25, -0.2) is 0 Å². The highest BCUT2D eigenvalue weighted by Gasteiger charge is 2.35. The zero-order chi connectivity index (χ0) is 12.4. The van der Waals surface area contributed by atoms with Crippen LogP contribution in [0.3, 0.4) is 0 Å². The average Bonchev–Trinajstić information content (AvgIpc) is 2.71. The van der Waals surface area contributed by atoms with E-state index in [0.717, 1.165) is 0 Å². The molecule has 0 unspecified atom stereocenters. The molecule has 5 heteroatoms. The molecule has 0 saturated carbocycles. The van der Waals surface area contributed by atoms with Gasteiger partial charge in [-0.2, -0.15) is 0 Å². The predicted molar refractivity (Wildman–Crippen MR) is 64.3 cm³/mol. The first-order valence-electron chi connectivity index (χ1n) is 5.26. The van der Waals surface area contributed by atoms with E-state index < -0.39 is 11.2 Å². The highest BCUT2D eigenvalue weighted by atomic mass is 35.5. The number of carbonyl (C=O) groups is 2. The largest absolute Gasteiger partial charge is 0.495 e. The number of nitrogens with zero attached hydrogens (tertiary/aromatic N) is 1. The third kappa shape index (κ3) is 2.26. The number of amides is 1. The van der Waals surface area contributed by atoms with Gasteiger partial charge in [-0.1, -0.05) is 12.1 Å². The van der Waals surface area contributed by atoms with E-state index in [1.807, 2.05) is 12.1 Å². The Morgan fingerprint density at radius 3 is 2.76 bits per heavy atom. The van der Waals surface area contributed by atoms with Crippen molar-refractivity contribution in [3.8, 4) is 5.75 Å². The molecule has 1 saturated heterocycles. The number of para-hydroxylation sites is 2. The minimum atomic E-state index is -0.462. The summed E-state index contributed by atoms with van der Waals surface area (Å²) in [6, 6.07) is 7.21. The third-order valence-electron chi connectivity index (χ3n) is 2.82. The van der Waals surface area contributed by atoms with Gasteiger partial charge in [-0.05, 0) is 23.7 Å². The lowest BCUT2D eigenvalue weighted by atomic mass is 10.1. The maximum Gasteiger partial charge on any atom is 0.227 e. The summed E-state index contributed by atoms with van der Waals surface area (Å²) < 4.78 is 5.19. The van der Waals surface area contributed by atoms with Crippen molar-refractivity contribution in [3.63, 3.8) is 0 Å². The number of benzene rings is 1. The number of rotatable bonds is 3. The molecule has 0 radical (unpaired) electrons. The van der Waals surface area contributed by atoms with Gasteiger partial charge >= 0.3 is 0 Å². The Hall–Kier alpha value is -1.55. The van der Waals surface area contributed by atoms with Crippen molar-refractivity contribution in [2.75, 3.05) is 18.6 Å². The Morgan fingerprint density at radius 2 is 2.18 bits per heavy atom. The fraction of sp³-hybridized carbons (Fsp3) is 0.333. The molecule has 2 rings (SSSR count). The van der Waals surface area contributed by atoms with E-state index in [9.17, 15) is 9.59 Å². The predicted octanol–water partition coefficient (Wildman–Crippen LogP) is 1.81. The van der Waals surface area contributed by atoms with Crippen molar-refractivity contribution >= 4 is 28.4 Å². The van der Waals surface area contributed by atoms with Crippen LogP contribution in [0, 0.1) is 5.92 Å². The second-order valence-corrected chi connectivity index (χ2v) is 4.25. The normalized spacial score (nSPS) is 19.5. The lowest BCUT2D eigenvalue weighted by molar-refractivity contribution is -0.120. The molecular weight excluding hydrogens is 242 g/mol. The second-order valence-electron chi connectivity index (χ2n) is 3.88. The molecule has 1 amide bonds. The summed E-state index contributed by atoms with van der Waals surface area (Å²) in [4.78, 5) is 24.4. The molecule has 90 valence electrons. The zero-order valence-electron chi connectivity index (χ0n) is 9.35. The monoisotopic (exact) mass is 253 g/mol. The van der Waals surface area contributed by atoms with Gasteiger partial charge in [0.1, 0.15) is 5.75 Å². The number of carbonyl (C=O) groups excluding carboxylic acids is 2. The van der Waals surface area contributed by atoms with Crippen LogP contribution in [-0.4, -0.2) is 24.8 Å². The smallest absolute Gasteiger partial charge is 0.227 e. The van der Waals surface area contributed by atoms with Gasteiger partial charge in [-0.3, -0.25) is 9.59 Å². The van der Waals surface area contributed by atoms with Gasteiger partial charge in [0.25, 0.3) is 0 Å².